The highest BCUT2D eigenvalue weighted by Gasteiger charge is 2.11. The summed E-state index contributed by atoms with van der Waals surface area (Å²) in [4.78, 5) is 2.48. The van der Waals surface area contributed by atoms with Gasteiger partial charge in [0.1, 0.15) is 0 Å². The van der Waals surface area contributed by atoms with Crippen LogP contribution in [0, 0.1) is 11.3 Å². The van der Waals surface area contributed by atoms with Crippen molar-refractivity contribution >= 4 is 18.0 Å². The van der Waals surface area contributed by atoms with E-state index in [1.54, 1.807) is 0 Å². The van der Waals surface area contributed by atoms with Crippen molar-refractivity contribution in [3.8, 4) is 6.07 Å². The van der Waals surface area contributed by atoms with Gasteiger partial charge < -0.3 is 0 Å². The van der Waals surface area contributed by atoms with E-state index >= 15 is 0 Å². The van der Waals surface area contributed by atoms with Crippen LogP contribution in [0.5, 0.6) is 0 Å². The van der Waals surface area contributed by atoms with Crippen molar-refractivity contribution in [3.05, 3.63) is 42.0 Å². The molecule has 0 aliphatic carbocycles. The molecule has 0 radical (unpaired) electrons. The van der Waals surface area contributed by atoms with Crippen molar-refractivity contribution in [1.82, 2.24) is 4.90 Å². The van der Waals surface area contributed by atoms with Crippen LogP contribution in [0.15, 0.2) is 36.4 Å². The summed E-state index contributed by atoms with van der Waals surface area (Å²) in [6.45, 7) is 3.32. The molecule has 1 heterocycles. The van der Waals surface area contributed by atoms with Gasteiger partial charge in [0.25, 0.3) is 0 Å². The van der Waals surface area contributed by atoms with Crippen molar-refractivity contribution in [1.29, 1.82) is 5.26 Å². The molecule has 0 aromatic heterocycles. The lowest BCUT2D eigenvalue weighted by molar-refractivity contribution is 0.295. The van der Waals surface area contributed by atoms with E-state index in [1.165, 1.54) is 11.1 Å². The highest BCUT2D eigenvalue weighted by molar-refractivity contribution is 5.85. The van der Waals surface area contributed by atoms with Gasteiger partial charge in [-0.05, 0) is 36.9 Å². The number of halogens is 1. The Morgan fingerprint density at radius 3 is 2.58 bits per heavy atom. The topological polar surface area (TPSA) is 27.0 Å². The second kappa shape index (κ2) is 8.74. The zero-order valence-electron chi connectivity index (χ0n) is 11.2. The summed E-state index contributed by atoms with van der Waals surface area (Å²) in [5.41, 5.74) is 2.84. The summed E-state index contributed by atoms with van der Waals surface area (Å²) in [6, 6.07) is 12.8. The van der Waals surface area contributed by atoms with Crippen molar-refractivity contribution in [3.63, 3.8) is 0 Å². The summed E-state index contributed by atoms with van der Waals surface area (Å²) in [5, 5.41) is 8.49. The Balaban J connectivity index is 0.00000180. The molecule has 0 bridgehead atoms. The molecule has 1 aromatic rings. The average Bonchev–Trinajstić information content (AvgIpc) is 2.45. The van der Waals surface area contributed by atoms with Crippen LogP contribution in [0.3, 0.4) is 0 Å². The molecule has 0 saturated heterocycles. The smallest absolute Gasteiger partial charge is 0.0621 e. The van der Waals surface area contributed by atoms with E-state index < -0.39 is 0 Å². The third-order valence-electron chi connectivity index (χ3n) is 3.45. The average molecular weight is 277 g/mol. The van der Waals surface area contributed by atoms with Crippen LogP contribution >= 0.6 is 12.4 Å². The number of benzene rings is 1. The van der Waals surface area contributed by atoms with E-state index in [2.05, 4.69) is 47.4 Å². The lowest BCUT2D eigenvalue weighted by atomic mass is 9.99. The van der Waals surface area contributed by atoms with Crippen molar-refractivity contribution < 1.29 is 0 Å². The zero-order chi connectivity index (χ0) is 12.6. The first-order valence-corrected chi connectivity index (χ1v) is 6.74. The quantitative estimate of drug-likeness (QED) is 0.763. The molecule has 0 amide bonds. The first kappa shape index (κ1) is 15.8. The summed E-state index contributed by atoms with van der Waals surface area (Å²) < 4.78 is 0. The summed E-state index contributed by atoms with van der Waals surface area (Å²) in [5.74, 6) is 0. The van der Waals surface area contributed by atoms with Crippen LogP contribution in [0.2, 0.25) is 0 Å². The molecule has 1 aliphatic heterocycles. The predicted octanol–water partition coefficient (Wildman–Crippen LogP) is 3.89. The van der Waals surface area contributed by atoms with Gasteiger partial charge in [-0.1, -0.05) is 36.4 Å². The van der Waals surface area contributed by atoms with Crippen LogP contribution in [0.25, 0.3) is 5.57 Å². The Bertz CT molecular complexity index is 434. The van der Waals surface area contributed by atoms with Gasteiger partial charge in [0.2, 0.25) is 0 Å². The van der Waals surface area contributed by atoms with Crippen molar-refractivity contribution in [2.75, 3.05) is 19.6 Å². The molecular weight excluding hydrogens is 256 g/mol. The van der Waals surface area contributed by atoms with Crippen LogP contribution in [-0.2, 0) is 0 Å². The minimum atomic E-state index is 0. The largest absolute Gasteiger partial charge is 0.299 e. The Kier molecular flexibility index (Phi) is 7.25. The normalized spacial score (nSPS) is 15.2. The summed E-state index contributed by atoms with van der Waals surface area (Å²) in [7, 11) is 0. The molecule has 0 unspecified atom stereocenters. The van der Waals surface area contributed by atoms with E-state index in [9.17, 15) is 0 Å². The molecule has 0 atom stereocenters. The molecule has 0 saturated carbocycles. The van der Waals surface area contributed by atoms with E-state index in [1.807, 2.05) is 0 Å². The van der Waals surface area contributed by atoms with E-state index in [0.29, 0.717) is 6.42 Å². The van der Waals surface area contributed by atoms with Gasteiger partial charge in [-0.3, -0.25) is 4.90 Å². The lowest BCUT2D eigenvalue weighted by Gasteiger charge is -2.26. The molecule has 2 rings (SSSR count). The lowest BCUT2D eigenvalue weighted by Crippen LogP contribution is -2.29. The standard InChI is InChI=1S/C16H20N2.ClH/c17-11-5-2-6-12-18-13-9-16(10-14-18)15-7-3-1-4-8-15;/h1,3-4,7-9H,2,5-6,10,12-14H2;1H. The third kappa shape index (κ3) is 5.06. The number of nitriles is 1. The van der Waals surface area contributed by atoms with Gasteiger partial charge in [-0.2, -0.15) is 5.26 Å². The van der Waals surface area contributed by atoms with Crippen LogP contribution in [-0.4, -0.2) is 24.5 Å². The molecule has 0 spiro atoms. The summed E-state index contributed by atoms with van der Waals surface area (Å²) >= 11 is 0. The van der Waals surface area contributed by atoms with E-state index in [0.717, 1.165) is 38.9 Å². The number of unbranched alkanes of at least 4 members (excludes halogenated alkanes) is 2. The van der Waals surface area contributed by atoms with E-state index in [4.69, 9.17) is 5.26 Å². The van der Waals surface area contributed by atoms with Crippen LogP contribution in [0.1, 0.15) is 31.2 Å². The van der Waals surface area contributed by atoms with Gasteiger partial charge in [0.15, 0.2) is 0 Å². The second-order valence-electron chi connectivity index (χ2n) is 4.76. The fourth-order valence-corrected chi connectivity index (χ4v) is 2.37. The predicted molar refractivity (Wildman–Crippen MR) is 82.2 cm³/mol. The first-order chi connectivity index (χ1) is 8.90. The molecular formula is C16H21ClN2. The maximum absolute atomic E-state index is 8.49. The molecule has 0 N–H and O–H groups in total. The molecule has 1 aromatic carbocycles. The zero-order valence-corrected chi connectivity index (χ0v) is 12.0. The Hall–Kier alpha value is -1.30. The Morgan fingerprint density at radius 2 is 1.95 bits per heavy atom. The van der Waals surface area contributed by atoms with Gasteiger partial charge in [-0.25, -0.2) is 0 Å². The molecule has 1 aliphatic rings. The number of hydrogen-bond acceptors (Lipinski definition) is 2. The summed E-state index contributed by atoms with van der Waals surface area (Å²) in [6.07, 6.45) is 6.36. The van der Waals surface area contributed by atoms with Crippen LogP contribution < -0.4 is 0 Å². The number of hydrogen-bond donors (Lipinski definition) is 0. The highest BCUT2D eigenvalue weighted by Crippen LogP contribution is 2.21. The van der Waals surface area contributed by atoms with E-state index in [-0.39, 0.29) is 12.4 Å². The van der Waals surface area contributed by atoms with Crippen molar-refractivity contribution in [2.24, 2.45) is 0 Å². The molecule has 19 heavy (non-hydrogen) atoms. The Morgan fingerprint density at radius 1 is 1.16 bits per heavy atom. The number of rotatable bonds is 5. The molecule has 2 nitrogen and oxygen atoms in total. The highest BCUT2D eigenvalue weighted by atomic mass is 35.5. The molecule has 0 fully saturated rings. The Labute approximate surface area is 122 Å². The first-order valence-electron chi connectivity index (χ1n) is 6.74. The van der Waals surface area contributed by atoms with Gasteiger partial charge in [-0.15, -0.1) is 12.4 Å². The van der Waals surface area contributed by atoms with Gasteiger partial charge >= 0.3 is 0 Å². The minimum Gasteiger partial charge on any atom is -0.299 e. The minimum absolute atomic E-state index is 0. The van der Waals surface area contributed by atoms with Gasteiger partial charge in [0.05, 0.1) is 6.07 Å². The molecule has 3 heteroatoms. The van der Waals surface area contributed by atoms with Gasteiger partial charge in [0, 0.05) is 19.5 Å². The SMILES string of the molecule is Cl.N#CCCCCN1CC=C(c2ccccc2)CC1. The van der Waals surface area contributed by atoms with Crippen LogP contribution in [0.4, 0.5) is 0 Å². The second-order valence-corrected chi connectivity index (χ2v) is 4.76. The maximum Gasteiger partial charge on any atom is 0.0621 e. The fourth-order valence-electron chi connectivity index (χ4n) is 2.37. The van der Waals surface area contributed by atoms with Crippen molar-refractivity contribution in [2.45, 2.75) is 25.7 Å². The third-order valence-corrected chi connectivity index (χ3v) is 3.45. The fraction of sp³-hybridized carbons (Fsp3) is 0.438. The molecule has 102 valence electrons. The number of nitrogens with zero attached hydrogens (tertiary/aromatic N) is 2. The monoisotopic (exact) mass is 276 g/mol. The maximum atomic E-state index is 8.49.